The van der Waals surface area contributed by atoms with Crippen molar-refractivity contribution in [2.75, 3.05) is 6.54 Å². The topological polar surface area (TPSA) is 76.2 Å². The Bertz CT molecular complexity index is 434. The Hall–Kier alpha value is -1.79. The SMILES string of the molecule is CC(C)(C)OC(=O)N(C(=O)OC(C)(C)C)N1CCCCCC1=O. The number of hydrazine groups is 1. The van der Waals surface area contributed by atoms with Gasteiger partial charge in [0, 0.05) is 13.0 Å². The maximum atomic E-state index is 12.5. The number of carbonyl (C=O) groups is 3. The Morgan fingerprint density at radius 2 is 1.39 bits per heavy atom. The highest BCUT2D eigenvalue weighted by Gasteiger charge is 2.38. The van der Waals surface area contributed by atoms with Gasteiger partial charge in [-0.1, -0.05) is 6.42 Å². The number of rotatable bonds is 1. The van der Waals surface area contributed by atoms with E-state index in [1.807, 2.05) is 0 Å². The summed E-state index contributed by atoms with van der Waals surface area (Å²) in [7, 11) is 0. The van der Waals surface area contributed by atoms with Crippen LogP contribution < -0.4 is 0 Å². The van der Waals surface area contributed by atoms with Gasteiger partial charge in [-0.25, -0.2) is 14.6 Å². The van der Waals surface area contributed by atoms with E-state index in [0.717, 1.165) is 17.9 Å². The molecule has 1 aliphatic heterocycles. The predicted molar refractivity (Wildman–Crippen MR) is 84.5 cm³/mol. The quantitative estimate of drug-likeness (QED) is 0.736. The molecule has 0 aromatic carbocycles. The van der Waals surface area contributed by atoms with E-state index in [1.165, 1.54) is 0 Å². The molecule has 7 nitrogen and oxygen atoms in total. The number of ether oxygens (including phenoxy) is 2. The zero-order chi connectivity index (χ0) is 17.8. The van der Waals surface area contributed by atoms with Gasteiger partial charge >= 0.3 is 12.2 Å². The first kappa shape index (κ1) is 19.3. The molecular formula is C16H28N2O5. The molecule has 0 spiro atoms. The molecule has 0 saturated carbocycles. The van der Waals surface area contributed by atoms with Gasteiger partial charge in [0.2, 0.25) is 5.91 Å². The molecule has 0 aromatic rings. The van der Waals surface area contributed by atoms with Crippen LogP contribution in [0.4, 0.5) is 9.59 Å². The molecule has 132 valence electrons. The Labute approximate surface area is 137 Å². The van der Waals surface area contributed by atoms with Crippen LogP contribution in [0.2, 0.25) is 0 Å². The van der Waals surface area contributed by atoms with Crippen LogP contribution in [0.25, 0.3) is 0 Å². The molecule has 1 heterocycles. The first-order valence-electron chi connectivity index (χ1n) is 7.97. The van der Waals surface area contributed by atoms with Crippen molar-refractivity contribution in [3.05, 3.63) is 0 Å². The molecule has 23 heavy (non-hydrogen) atoms. The molecule has 0 unspecified atom stereocenters. The first-order chi connectivity index (χ1) is 10.4. The monoisotopic (exact) mass is 328 g/mol. The van der Waals surface area contributed by atoms with Crippen LogP contribution in [0.5, 0.6) is 0 Å². The lowest BCUT2D eigenvalue weighted by Crippen LogP contribution is -2.55. The van der Waals surface area contributed by atoms with Crippen molar-refractivity contribution in [3.8, 4) is 0 Å². The Balaban J connectivity index is 3.06. The third-order valence-electron chi connectivity index (χ3n) is 2.92. The first-order valence-corrected chi connectivity index (χ1v) is 7.97. The minimum Gasteiger partial charge on any atom is -0.442 e. The maximum Gasteiger partial charge on any atom is 0.439 e. The number of carbonyl (C=O) groups excluding carboxylic acids is 3. The standard InChI is InChI=1S/C16H28N2O5/c1-15(2,3)22-13(20)18(14(21)23-16(4,5)6)17-11-9-7-8-10-12(17)19/h7-11H2,1-6H3. The molecule has 0 atom stereocenters. The van der Waals surface area contributed by atoms with Crippen molar-refractivity contribution in [2.45, 2.75) is 78.4 Å². The summed E-state index contributed by atoms with van der Waals surface area (Å²) in [6.45, 7) is 10.5. The molecule has 0 N–H and O–H groups in total. The van der Waals surface area contributed by atoms with E-state index in [2.05, 4.69) is 0 Å². The van der Waals surface area contributed by atoms with E-state index in [0.29, 0.717) is 17.9 Å². The molecule has 0 aliphatic carbocycles. The van der Waals surface area contributed by atoms with Gasteiger partial charge in [-0.2, -0.15) is 0 Å². The average Bonchev–Trinajstić information content (AvgIpc) is 2.50. The van der Waals surface area contributed by atoms with Crippen molar-refractivity contribution in [3.63, 3.8) is 0 Å². The third kappa shape index (κ3) is 6.46. The Morgan fingerprint density at radius 1 is 0.913 bits per heavy atom. The lowest BCUT2D eigenvalue weighted by molar-refractivity contribution is -0.146. The molecule has 0 radical (unpaired) electrons. The van der Waals surface area contributed by atoms with E-state index in [9.17, 15) is 14.4 Å². The van der Waals surface area contributed by atoms with Gasteiger partial charge < -0.3 is 9.47 Å². The van der Waals surface area contributed by atoms with E-state index in [4.69, 9.17) is 9.47 Å². The number of nitrogens with zero attached hydrogens (tertiary/aromatic N) is 2. The summed E-state index contributed by atoms with van der Waals surface area (Å²) < 4.78 is 10.5. The predicted octanol–water partition coefficient (Wildman–Crippen LogP) is 3.48. The summed E-state index contributed by atoms with van der Waals surface area (Å²) in [5.74, 6) is -0.279. The minimum absolute atomic E-state index is 0.279. The van der Waals surface area contributed by atoms with E-state index >= 15 is 0 Å². The molecule has 3 amide bonds. The van der Waals surface area contributed by atoms with Crippen molar-refractivity contribution in [1.82, 2.24) is 10.0 Å². The van der Waals surface area contributed by atoms with Crippen molar-refractivity contribution >= 4 is 18.1 Å². The second-order valence-electron chi connectivity index (χ2n) is 7.60. The zero-order valence-corrected chi connectivity index (χ0v) is 15.0. The maximum absolute atomic E-state index is 12.5. The van der Waals surface area contributed by atoms with Crippen LogP contribution in [0.15, 0.2) is 0 Å². The van der Waals surface area contributed by atoms with Gasteiger partial charge in [0.25, 0.3) is 0 Å². The van der Waals surface area contributed by atoms with Crippen molar-refractivity contribution in [2.24, 2.45) is 0 Å². The highest BCUT2D eigenvalue weighted by Crippen LogP contribution is 2.20. The van der Waals surface area contributed by atoms with Gasteiger partial charge in [0.05, 0.1) is 0 Å². The molecule has 0 bridgehead atoms. The van der Waals surface area contributed by atoms with Crippen LogP contribution in [-0.4, -0.2) is 45.9 Å². The lowest BCUT2D eigenvalue weighted by Gasteiger charge is -2.34. The highest BCUT2D eigenvalue weighted by atomic mass is 16.6. The van der Waals surface area contributed by atoms with Crippen molar-refractivity contribution < 1.29 is 23.9 Å². The normalized spacial score (nSPS) is 16.6. The van der Waals surface area contributed by atoms with E-state index in [1.54, 1.807) is 41.5 Å². The van der Waals surface area contributed by atoms with E-state index in [-0.39, 0.29) is 12.5 Å². The van der Waals surface area contributed by atoms with Gasteiger partial charge in [-0.3, -0.25) is 4.79 Å². The molecule has 1 saturated heterocycles. The molecule has 1 fully saturated rings. The molecule has 1 rings (SSSR count). The summed E-state index contributed by atoms with van der Waals surface area (Å²) in [6.07, 6.45) is 0.824. The summed E-state index contributed by atoms with van der Waals surface area (Å²) in [6, 6.07) is 0. The molecule has 7 heteroatoms. The molecular weight excluding hydrogens is 300 g/mol. The number of amides is 3. The fourth-order valence-electron chi connectivity index (χ4n) is 2.06. The fraction of sp³-hybridized carbons (Fsp3) is 0.812. The summed E-state index contributed by atoms with van der Waals surface area (Å²) in [5, 5.41) is 1.85. The fourth-order valence-corrected chi connectivity index (χ4v) is 2.06. The smallest absolute Gasteiger partial charge is 0.439 e. The Kier molecular flexibility index (Phi) is 6.02. The molecule has 0 aromatic heterocycles. The van der Waals surface area contributed by atoms with Gasteiger partial charge in [-0.05, 0) is 54.4 Å². The summed E-state index contributed by atoms with van der Waals surface area (Å²) in [5.41, 5.74) is -1.57. The largest absolute Gasteiger partial charge is 0.442 e. The number of imide groups is 1. The zero-order valence-electron chi connectivity index (χ0n) is 15.0. The minimum atomic E-state index is -0.901. The average molecular weight is 328 g/mol. The molecule has 1 aliphatic rings. The van der Waals surface area contributed by atoms with Crippen LogP contribution >= 0.6 is 0 Å². The third-order valence-corrected chi connectivity index (χ3v) is 2.92. The van der Waals surface area contributed by atoms with Crippen LogP contribution in [-0.2, 0) is 14.3 Å². The van der Waals surface area contributed by atoms with Crippen LogP contribution in [0, 0.1) is 0 Å². The Morgan fingerprint density at radius 3 is 1.83 bits per heavy atom. The summed E-state index contributed by atoms with van der Waals surface area (Å²) >= 11 is 0. The van der Waals surface area contributed by atoms with Gasteiger partial charge in [-0.15, -0.1) is 5.01 Å². The van der Waals surface area contributed by atoms with Gasteiger partial charge in [0.15, 0.2) is 0 Å². The number of hydrogen-bond acceptors (Lipinski definition) is 5. The lowest BCUT2D eigenvalue weighted by atomic mass is 10.2. The number of hydrogen-bond donors (Lipinski definition) is 0. The second-order valence-corrected chi connectivity index (χ2v) is 7.60. The van der Waals surface area contributed by atoms with E-state index < -0.39 is 23.4 Å². The van der Waals surface area contributed by atoms with Crippen LogP contribution in [0.3, 0.4) is 0 Å². The second kappa shape index (κ2) is 7.19. The van der Waals surface area contributed by atoms with Gasteiger partial charge in [0.1, 0.15) is 11.2 Å². The highest BCUT2D eigenvalue weighted by molar-refractivity contribution is 5.91. The van der Waals surface area contributed by atoms with Crippen molar-refractivity contribution in [1.29, 1.82) is 0 Å². The summed E-state index contributed by atoms with van der Waals surface area (Å²) in [4.78, 5) is 37.2. The van der Waals surface area contributed by atoms with Crippen LogP contribution in [0.1, 0.15) is 67.2 Å².